The Kier molecular flexibility index (Phi) is 4.44. The van der Waals surface area contributed by atoms with E-state index in [1.54, 1.807) is 0 Å². The van der Waals surface area contributed by atoms with Gasteiger partial charge in [0.15, 0.2) is 0 Å². The van der Waals surface area contributed by atoms with Gasteiger partial charge < -0.3 is 14.7 Å². The number of ether oxygens (including phenoxy) is 1. The molecule has 0 bridgehead atoms. The molecule has 0 atom stereocenters. The lowest BCUT2D eigenvalue weighted by Gasteiger charge is -2.30. The Morgan fingerprint density at radius 1 is 1.39 bits per heavy atom. The second-order valence-corrected chi connectivity index (χ2v) is 4.70. The molecule has 0 radical (unpaired) electrons. The van der Waals surface area contributed by atoms with Gasteiger partial charge in [-0.05, 0) is 30.2 Å². The summed E-state index contributed by atoms with van der Waals surface area (Å²) in [4.78, 5) is 12.9. The van der Waals surface area contributed by atoms with E-state index in [0.717, 1.165) is 24.3 Å². The van der Waals surface area contributed by atoms with Crippen LogP contribution in [0.4, 0.5) is 5.69 Å². The number of hydrogen-bond donors (Lipinski definition) is 1. The summed E-state index contributed by atoms with van der Waals surface area (Å²) in [5.74, 6) is -0.789. The first-order valence-electron chi connectivity index (χ1n) is 6.00. The molecule has 1 saturated heterocycles. The molecular weight excluding hydrogens is 254 g/mol. The van der Waals surface area contributed by atoms with E-state index in [4.69, 9.17) is 21.4 Å². The molecule has 1 aromatic carbocycles. The van der Waals surface area contributed by atoms with Crippen LogP contribution >= 0.6 is 11.6 Å². The van der Waals surface area contributed by atoms with E-state index in [0.29, 0.717) is 24.7 Å². The van der Waals surface area contributed by atoms with Crippen molar-refractivity contribution in [3.05, 3.63) is 28.8 Å². The van der Waals surface area contributed by atoms with Gasteiger partial charge in [0.25, 0.3) is 0 Å². The zero-order chi connectivity index (χ0) is 13.0. The van der Waals surface area contributed by atoms with E-state index in [2.05, 4.69) is 4.90 Å². The molecule has 0 spiro atoms. The van der Waals surface area contributed by atoms with Gasteiger partial charge in [-0.2, -0.15) is 0 Å². The minimum Gasteiger partial charge on any atom is -0.481 e. The molecule has 1 aliphatic rings. The van der Waals surface area contributed by atoms with Gasteiger partial charge in [-0.25, -0.2) is 0 Å². The van der Waals surface area contributed by atoms with Crippen molar-refractivity contribution >= 4 is 23.3 Å². The van der Waals surface area contributed by atoms with Crippen molar-refractivity contribution in [3.8, 4) is 0 Å². The number of morpholine rings is 1. The van der Waals surface area contributed by atoms with Crippen LogP contribution in [0.5, 0.6) is 0 Å². The number of carboxylic acids is 1. The lowest BCUT2D eigenvalue weighted by atomic mass is 10.1. The van der Waals surface area contributed by atoms with Crippen molar-refractivity contribution in [2.24, 2.45) is 0 Å². The zero-order valence-corrected chi connectivity index (χ0v) is 10.8. The molecule has 2 rings (SSSR count). The summed E-state index contributed by atoms with van der Waals surface area (Å²) >= 11 is 5.98. The summed E-state index contributed by atoms with van der Waals surface area (Å²) in [5, 5.41) is 9.42. The number of anilines is 1. The summed E-state index contributed by atoms with van der Waals surface area (Å²) in [6.07, 6.45) is 0.625. The summed E-state index contributed by atoms with van der Waals surface area (Å²) in [6.45, 7) is 3.09. The average molecular weight is 270 g/mol. The number of aryl methyl sites for hydroxylation is 1. The van der Waals surface area contributed by atoms with Crippen molar-refractivity contribution in [1.82, 2.24) is 0 Å². The van der Waals surface area contributed by atoms with Gasteiger partial charge in [0.1, 0.15) is 0 Å². The van der Waals surface area contributed by atoms with Crippen LogP contribution in [0.15, 0.2) is 18.2 Å². The molecule has 0 aromatic heterocycles. The molecule has 0 amide bonds. The second-order valence-electron chi connectivity index (χ2n) is 4.27. The molecule has 1 heterocycles. The minimum absolute atomic E-state index is 0.123. The summed E-state index contributed by atoms with van der Waals surface area (Å²) in [6, 6.07) is 5.66. The van der Waals surface area contributed by atoms with E-state index < -0.39 is 5.97 Å². The third-order valence-electron chi connectivity index (χ3n) is 3.00. The predicted octanol–water partition coefficient (Wildman–Crippen LogP) is 2.19. The van der Waals surface area contributed by atoms with Crippen LogP contribution in [0.2, 0.25) is 5.02 Å². The molecule has 1 aromatic rings. The van der Waals surface area contributed by atoms with E-state index in [9.17, 15) is 4.79 Å². The maximum absolute atomic E-state index is 10.7. The number of aliphatic carboxylic acids is 1. The number of carboxylic acid groups (broad SMARTS) is 1. The molecule has 0 aliphatic carbocycles. The first-order valence-corrected chi connectivity index (χ1v) is 6.37. The molecule has 18 heavy (non-hydrogen) atoms. The fraction of sp³-hybridized carbons (Fsp3) is 0.462. The van der Waals surface area contributed by atoms with Gasteiger partial charge in [0.05, 0.1) is 13.2 Å². The SMILES string of the molecule is O=C(O)CCc1cc(Cl)ccc1N1CCOCC1. The van der Waals surface area contributed by atoms with Crippen molar-refractivity contribution in [1.29, 1.82) is 0 Å². The van der Waals surface area contributed by atoms with E-state index in [1.165, 1.54) is 0 Å². The normalized spacial score (nSPS) is 15.7. The van der Waals surface area contributed by atoms with Crippen molar-refractivity contribution in [3.63, 3.8) is 0 Å². The fourth-order valence-corrected chi connectivity index (χ4v) is 2.30. The smallest absolute Gasteiger partial charge is 0.303 e. The van der Waals surface area contributed by atoms with E-state index in [1.807, 2.05) is 18.2 Å². The highest BCUT2D eigenvalue weighted by molar-refractivity contribution is 6.30. The summed E-state index contributed by atoms with van der Waals surface area (Å²) in [5.41, 5.74) is 2.07. The monoisotopic (exact) mass is 269 g/mol. The van der Waals surface area contributed by atoms with Crippen LogP contribution in [-0.4, -0.2) is 37.4 Å². The average Bonchev–Trinajstić information content (AvgIpc) is 2.37. The quantitative estimate of drug-likeness (QED) is 0.910. The fourth-order valence-electron chi connectivity index (χ4n) is 2.11. The van der Waals surface area contributed by atoms with Crippen LogP contribution in [0, 0.1) is 0 Å². The molecular formula is C13H16ClNO3. The lowest BCUT2D eigenvalue weighted by molar-refractivity contribution is -0.136. The Labute approximate surface area is 111 Å². The largest absolute Gasteiger partial charge is 0.481 e. The van der Waals surface area contributed by atoms with Gasteiger partial charge in [-0.3, -0.25) is 4.79 Å². The minimum atomic E-state index is -0.789. The maximum Gasteiger partial charge on any atom is 0.303 e. The Morgan fingerprint density at radius 3 is 2.78 bits per heavy atom. The molecule has 0 unspecified atom stereocenters. The molecule has 4 nitrogen and oxygen atoms in total. The highest BCUT2D eigenvalue weighted by Gasteiger charge is 2.15. The predicted molar refractivity (Wildman–Crippen MR) is 70.4 cm³/mol. The Bertz CT molecular complexity index is 430. The summed E-state index contributed by atoms with van der Waals surface area (Å²) < 4.78 is 5.32. The number of benzene rings is 1. The van der Waals surface area contributed by atoms with Gasteiger partial charge >= 0.3 is 5.97 Å². The van der Waals surface area contributed by atoms with Crippen LogP contribution in [-0.2, 0) is 16.0 Å². The van der Waals surface area contributed by atoms with Crippen molar-refractivity contribution in [2.45, 2.75) is 12.8 Å². The molecule has 5 heteroatoms. The number of halogens is 1. The van der Waals surface area contributed by atoms with Crippen LogP contribution in [0.3, 0.4) is 0 Å². The molecule has 1 fully saturated rings. The second kappa shape index (κ2) is 6.07. The third kappa shape index (κ3) is 3.37. The van der Waals surface area contributed by atoms with Crippen LogP contribution in [0.25, 0.3) is 0 Å². The standard InChI is InChI=1S/C13H16ClNO3/c14-11-2-3-12(15-5-7-18-8-6-15)10(9-11)1-4-13(16)17/h2-3,9H,1,4-8H2,(H,16,17). The van der Waals surface area contributed by atoms with Gasteiger partial charge in [0.2, 0.25) is 0 Å². The Balaban J connectivity index is 2.18. The van der Waals surface area contributed by atoms with Gasteiger partial charge in [-0.15, -0.1) is 0 Å². The molecule has 1 aliphatic heterocycles. The Morgan fingerprint density at radius 2 is 2.11 bits per heavy atom. The first kappa shape index (κ1) is 13.2. The molecule has 0 saturated carbocycles. The summed E-state index contributed by atoms with van der Waals surface area (Å²) in [7, 11) is 0. The maximum atomic E-state index is 10.7. The van der Waals surface area contributed by atoms with Crippen molar-refractivity contribution in [2.75, 3.05) is 31.2 Å². The lowest BCUT2D eigenvalue weighted by Crippen LogP contribution is -2.36. The highest BCUT2D eigenvalue weighted by atomic mass is 35.5. The third-order valence-corrected chi connectivity index (χ3v) is 3.24. The molecule has 98 valence electrons. The highest BCUT2D eigenvalue weighted by Crippen LogP contribution is 2.26. The van der Waals surface area contributed by atoms with Crippen molar-refractivity contribution < 1.29 is 14.6 Å². The van der Waals surface area contributed by atoms with E-state index >= 15 is 0 Å². The number of nitrogens with zero attached hydrogens (tertiary/aromatic N) is 1. The number of hydrogen-bond acceptors (Lipinski definition) is 3. The topological polar surface area (TPSA) is 49.8 Å². The van der Waals surface area contributed by atoms with Crippen LogP contribution in [0.1, 0.15) is 12.0 Å². The van der Waals surface area contributed by atoms with Gasteiger partial charge in [0, 0.05) is 30.2 Å². The Hall–Kier alpha value is -1.26. The van der Waals surface area contributed by atoms with Crippen LogP contribution < -0.4 is 4.90 Å². The van der Waals surface area contributed by atoms with Gasteiger partial charge in [-0.1, -0.05) is 11.6 Å². The first-order chi connectivity index (χ1) is 8.66. The number of rotatable bonds is 4. The zero-order valence-electron chi connectivity index (χ0n) is 10.1. The van der Waals surface area contributed by atoms with E-state index in [-0.39, 0.29) is 6.42 Å². The molecule has 1 N–H and O–H groups in total. The number of carbonyl (C=O) groups is 1.